The summed E-state index contributed by atoms with van der Waals surface area (Å²) < 4.78 is 5.13. The summed E-state index contributed by atoms with van der Waals surface area (Å²) in [5.74, 6) is 0.264. The Kier molecular flexibility index (Phi) is 4.48. The fourth-order valence-electron chi connectivity index (χ4n) is 3.19. The maximum atomic E-state index is 11.0. The number of phenols is 1. The number of rotatable bonds is 4. The number of likely N-dealkylation sites (tertiary alicyclic amines) is 1. The molecule has 23 heavy (non-hydrogen) atoms. The number of benzene rings is 2. The lowest BCUT2D eigenvalue weighted by Gasteiger charge is -2.29. The molecule has 1 aliphatic rings. The number of hydrogen-bond donors (Lipinski definition) is 2. The van der Waals surface area contributed by atoms with Crippen molar-refractivity contribution in [2.24, 2.45) is 5.73 Å². The Morgan fingerprint density at radius 3 is 2.57 bits per heavy atom. The van der Waals surface area contributed by atoms with E-state index in [2.05, 4.69) is 4.90 Å². The van der Waals surface area contributed by atoms with Gasteiger partial charge in [0.15, 0.2) is 0 Å². The van der Waals surface area contributed by atoms with Crippen LogP contribution in [0.4, 0.5) is 4.79 Å². The van der Waals surface area contributed by atoms with E-state index in [-0.39, 0.29) is 17.9 Å². The lowest BCUT2D eigenvalue weighted by Crippen LogP contribution is -2.30. The summed E-state index contributed by atoms with van der Waals surface area (Å²) in [7, 11) is 0. The number of para-hydroxylation sites is 1. The highest BCUT2D eigenvalue weighted by Gasteiger charge is 2.32. The van der Waals surface area contributed by atoms with Crippen LogP contribution in [0.15, 0.2) is 54.6 Å². The molecule has 1 fully saturated rings. The predicted molar refractivity (Wildman–Crippen MR) is 87.0 cm³/mol. The second kappa shape index (κ2) is 6.71. The zero-order chi connectivity index (χ0) is 16.2. The zero-order valence-corrected chi connectivity index (χ0v) is 12.8. The molecule has 5 heteroatoms. The molecule has 1 heterocycles. The van der Waals surface area contributed by atoms with Gasteiger partial charge in [0.05, 0.1) is 6.04 Å². The number of carbonyl (C=O) groups excluding carboxylic acids is 1. The Morgan fingerprint density at radius 2 is 1.87 bits per heavy atom. The predicted octanol–water partition coefficient (Wildman–Crippen LogP) is 2.65. The smallest absolute Gasteiger partial charge is 0.404 e. The number of ether oxygens (including phenoxy) is 1. The molecule has 120 valence electrons. The SMILES string of the molecule is NC(=O)O[C@@H]1CCN(C(c2ccccc2)c2ccccc2O)C1. The Hall–Kier alpha value is -2.53. The minimum atomic E-state index is -0.740. The zero-order valence-electron chi connectivity index (χ0n) is 12.8. The molecule has 0 bridgehead atoms. The normalized spacial score (nSPS) is 19.4. The van der Waals surface area contributed by atoms with Gasteiger partial charge < -0.3 is 15.6 Å². The van der Waals surface area contributed by atoms with Gasteiger partial charge in [-0.1, -0.05) is 48.5 Å². The lowest BCUT2D eigenvalue weighted by atomic mass is 9.96. The van der Waals surface area contributed by atoms with Crippen molar-refractivity contribution in [2.45, 2.75) is 18.6 Å². The Bertz CT molecular complexity index is 675. The van der Waals surface area contributed by atoms with Crippen LogP contribution in [-0.4, -0.2) is 35.3 Å². The summed E-state index contributed by atoms with van der Waals surface area (Å²) >= 11 is 0. The number of phenolic OH excluding ortho intramolecular Hbond substituents is 1. The topological polar surface area (TPSA) is 75.8 Å². The van der Waals surface area contributed by atoms with Gasteiger partial charge in [-0.3, -0.25) is 4.90 Å². The van der Waals surface area contributed by atoms with E-state index in [4.69, 9.17) is 10.5 Å². The molecule has 0 spiro atoms. The van der Waals surface area contributed by atoms with Crippen LogP contribution in [-0.2, 0) is 4.74 Å². The van der Waals surface area contributed by atoms with Crippen molar-refractivity contribution in [3.05, 3.63) is 65.7 Å². The van der Waals surface area contributed by atoms with Crippen LogP contribution in [0.2, 0.25) is 0 Å². The van der Waals surface area contributed by atoms with Gasteiger partial charge in [0.2, 0.25) is 0 Å². The quantitative estimate of drug-likeness (QED) is 0.910. The third kappa shape index (κ3) is 3.46. The first-order valence-electron chi connectivity index (χ1n) is 7.68. The van der Waals surface area contributed by atoms with E-state index >= 15 is 0 Å². The van der Waals surface area contributed by atoms with Crippen molar-refractivity contribution in [3.63, 3.8) is 0 Å². The van der Waals surface area contributed by atoms with E-state index in [0.717, 1.165) is 24.1 Å². The van der Waals surface area contributed by atoms with Gasteiger partial charge in [-0.05, 0) is 18.1 Å². The standard InChI is InChI=1S/C18H20N2O3/c19-18(22)23-14-10-11-20(12-14)17(13-6-2-1-3-7-13)15-8-4-5-9-16(15)21/h1-9,14,17,21H,10-12H2,(H2,19,22)/t14-,17?/m1/s1. The van der Waals surface area contributed by atoms with Crippen LogP contribution in [0.5, 0.6) is 5.75 Å². The second-order valence-electron chi connectivity index (χ2n) is 5.71. The highest BCUT2D eigenvalue weighted by Crippen LogP contribution is 2.36. The van der Waals surface area contributed by atoms with Gasteiger partial charge in [0.1, 0.15) is 11.9 Å². The van der Waals surface area contributed by atoms with Crippen LogP contribution >= 0.6 is 0 Å². The van der Waals surface area contributed by atoms with Crippen molar-refractivity contribution in [1.82, 2.24) is 4.90 Å². The van der Waals surface area contributed by atoms with E-state index in [0.29, 0.717) is 6.54 Å². The lowest BCUT2D eigenvalue weighted by molar-refractivity contribution is 0.106. The first kappa shape index (κ1) is 15.4. The monoisotopic (exact) mass is 312 g/mol. The fraction of sp³-hybridized carbons (Fsp3) is 0.278. The Labute approximate surface area is 135 Å². The van der Waals surface area contributed by atoms with Crippen LogP contribution in [0.25, 0.3) is 0 Å². The molecule has 3 N–H and O–H groups in total. The minimum Gasteiger partial charge on any atom is -0.508 e. The largest absolute Gasteiger partial charge is 0.508 e. The van der Waals surface area contributed by atoms with Crippen molar-refractivity contribution >= 4 is 6.09 Å². The average Bonchev–Trinajstić information content (AvgIpc) is 2.98. The van der Waals surface area contributed by atoms with Gasteiger partial charge in [0, 0.05) is 18.7 Å². The molecule has 2 atom stereocenters. The van der Waals surface area contributed by atoms with Gasteiger partial charge in [-0.25, -0.2) is 4.79 Å². The molecular formula is C18H20N2O3. The maximum absolute atomic E-state index is 11.0. The van der Waals surface area contributed by atoms with Crippen LogP contribution in [0, 0.1) is 0 Å². The van der Waals surface area contributed by atoms with Gasteiger partial charge in [-0.15, -0.1) is 0 Å². The van der Waals surface area contributed by atoms with Crippen molar-refractivity contribution in [2.75, 3.05) is 13.1 Å². The number of hydrogen-bond acceptors (Lipinski definition) is 4. The molecule has 5 nitrogen and oxygen atoms in total. The molecule has 1 saturated heterocycles. The molecule has 2 aromatic rings. The number of amides is 1. The fourth-order valence-corrected chi connectivity index (χ4v) is 3.19. The number of aromatic hydroxyl groups is 1. The number of nitrogens with two attached hydrogens (primary N) is 1. The minimum absolute atomic E-state index is 0.0844. The first-order valence-corrected chi connectivity index (χ1v) is 7.68. The van der Waals surface area contributed by atoms with Crippen molar-refractivity contribution in [3.8, 4) is 5.75 Å². The molecule has 1 aliphatic heterocycles. The van der Waals surface area contributed by atoms with E-state index in [1.165, 1.54) is 0 Å². The first-order chi connectivity index (χ1) is 11.1. The van der Waals surface area contributed by atoms with Gasteiger partial charge >= 0.3 is 6.09 Å². The third-order valence-corrected chi connectivity index (χ3v) is 4.17. The molecule has 0 aliphatic carbocycles. The highest BCUT2D eigenvalue weighted by atomic mass is 16.6. The van der Waals surface area contributed by atoms with E-state index in [1.54, 1.807) is 6.07 Å². The van der Waals surface area contributed by atoms with Crippen molar-refractivity contribution < 1.29 is 14.6 Å². The molecule has 2 aromatic carbocycles. The van der Waals surface area contributed by atoms with Crippen LogP contribution in [0.3, 0.4) is 0 Å². The van der Waals surface area contributed by atoms with Gasteiger partial charge in [0.25, 0.3) is 0 Å². The summed E-state index contributed by atoms with van der Waals surface area (Å²) in [6, 6.07) is 17.3. The summed E-state index contributed by atoms with van der Waals surface area (Å²) in [4.78, 5) is 13.2. The maximum Gasteiger partial charge on any atom is 0.404 e. The summed E-state index contributed by atoms with van der Waals surface area (Å²) in [5, 5.41) is 10.3. The number of primary amides is 1. The summed E-state index contributed by atoms with van der Waals surface area (Å²) in [6.07, 6.45) is -0.208. The molecule has 1 amide bonds. The molecule has 3 rings (SSSR count). The molecule has 1 unspecified atom stereocenters. The second-order valence-corrected chi connectivity index (χ2v) is 5.71. The van der Waals surface area contributed by atoms with Gasteiger partial charge in [-0.2, -0.15) is 0 Å². The number of nitrogens with zero attached hydrogens (tertiary/aromatic N) is 1. The number of carbonyl (C=O) groups is 1. The van der Waals surface area contributed by atoms with Crippen molar-refractivity contribution in [1.29, 1.82) is 0 Å². The Morgan fingerprint density at radius 1 is 1.17 bits per heavy atom. The Balaban J connectivity index is 1.91. The third-order valence-electron chi connectivity index (χ3n) is 4.17. The highest BCUT2D eigenvalue weighted by molar-refractivity contribution is 5.64. The molecular weight excluding hydrogens is 292 g/mol. The summed E-state index contributed by atoms with van der Waals surface area (Å²) in [6.45, 7) is 1.36. The van der Waals surface area contributed by atoms with Crippen LogP contribution in [0.1, 0.15) is 23.6 Å². The molecule has 0 saturated carbocycles. The van der Waals surface area contributed by atoms with E-state index in [9.17, 15) is 9.90 Å². The van der Waals surface area contributed by atoms with Crippen LogP contribution < -0.4 is 5.73 Å². The average molecular weight is 312 g/mol. The van der Waals surface area contributed by atoms with E-state index < -0.39 is 6.09 Å². The summed E-state index contributed by atoms with van der Waals surface area (Å²) in [5.41, 5.74) is 7.06. The molecule has 0 aromatic heterocycles. The molecule has 0 radical (unpaired) electrons. The van der Waals surface area contributed by atoms with E-state index in [1.807, 2.05) is 48.5 Å².